The van der Waals surface area contributed by atoms with Crippen LogP contribution in [0.5, 0.6) is 0 Å². The summed E-state index contributed by atoms with van der Waals surface area (Å²) in [4.78, 5) is 25.7. The van der Waals surface area contributed by atoms with E-state index in [0.29, 0.717) is 31.1 Å². The first-order valence-electron chi connectivity index (χ1n) is 11.3. The highest BCUT2D eigenvalue weighted by Crippen LogP contribution is 2.31. The van der Waals surface area contributed by atoms with Crippen molar-refractivity contribution in [2.45, 2.75) is 50.8 Å². The van der Waals surface area contributed by atoms with Gasteiger partial charge in [-0.15, -0.1) is 0 Å². The maximum Gasteiger partial charge on any atom is 0.241 e. The molecule has 32 heavy (non-hydrogen) atoms. The second kappa shape index (κ2) is 11.0. The maximum atomic E-state index is 13.0. The summed E-state index contributed by atoms with van der Waals surface area (Å²) in [6, 6.07) is 10.9. The molecular formula is C25H31NO5S. The first kappa shape index (κ1) is 24.3. The first-order chi connectivity index (χ1) is 15.4. The molecule has 0 bridgehead atoms. The predicted octanol–water partition coefficient (Wildman–Crippen LogP) is 4.36. The summed E-state index contributed by atoms with van der Waals surface area (Å²) >= 11 is 0. The van der Waals surface area contributed by atoms with E-state index in [9.17, 15) is 18.0 Å². The predicted molar refractivity (Wildman–Crippen MR) is 124 cm³/mol. The van der Waals surface area contributed by atoms with E-state index in [-0.39, 0.29) is 33.9 Å². The summed E-state index contributed by atoms with van der Waals surface area (Å²) in [5.74, 6) is -0.250. The van der Waals surface area contributed by atoms with Crippen LogP contribution < -0.4 is 4.72 Å². The van der Waals surface area contributed by atoms with Crippen molar-refractivity contribution >= 4 is 21.6 Å². The van der Waals surface area contributed by atoms with Crippen LogP contribution in [0.1, 0.15) is 77.8 Å². The Kier molecular flexibility index (Phi) is 8.34. The normalized spacial score (nSPS) is 14.2. The standard InChI is InChI=1S/C25H31NO5S/c1-3-5-10-18(4-2)17-31-16-9-15-26-32(29,30)22-14-8-13-21-23(22)25(28)20-12-7-6-11-19(20)24(21)27/h6-8,11-14,18,26H,3-5,9-10,15-17H2,1-2H3. The third kappa shape index (κ3) is 5.34. The molecule has 0 saturated carbocycles. The molecular weight excluding hydrogens is 426 g/mol. The number of hydrogen-bond donors (Lipinski definition) is 1. The Morgan fingerprint density at radius 1 is 0.906 bits per heavy atom. The molecule has 0 aromatic heterocycles. The molecule has 0 saturated heterocycles. The van der Waals surface area contributed by atoms with Gasteiger partial charge in [0.25, 0.3) is 0 Å². The highest BCUT2D eigenvalue weighted by molar-refractivity contribution is 7.89. The smallest absolute Gasteiger partial charge is 0.241 e. The maximum absolute atomic E-state index is 13.0. The molecule has 1 aliphatic rings. The van der Waals surface area contributed by atoms with Crippen molar-refractivity contribution in [1.29, 1.82) is 0 Å². The van der Waals surface area contributed by atoms with Crippen molar-refractivity contribution < 1.29 is 22.7 Å². The molecule has 2 aromatic carbocycles. The van der Waals surface area contributed by atoms with Gasteiger partial charge < -0.3 is 4.74 Å². The lowest BCUT2D eigenvalue weighted by Crippen LogP contribution is -2.30. The molecule has 0 heterocycles. The van der Waals surface area contributed by atoms with Gasteiger partial charge in [0.2, 0.25) is 10.0 Å². The van der Waals surface area contributed by atoms with Gasteiger partial charge in [0.05, 0.1) is 10.5 Å². The molecule has 0 aliphatic heterocycles. The van der Waals surface area contributed by atoms with Gasteiger partial charge in [0.15, 0.2) is 11.6 Å². The second-order valence-electron chi connectivity index (χ2n) is 8.13. The Balaban J connectivity index is 1.64. The van der Waals surface area contributed by atoms with Gasteiger partial charge in [0, 0.05) is 36.4 Å². The minimum absolute atomic E-state index is 0.0540. The summed E-state index contributed by atoms with van der Waals surface area (Å²) in [6.07, 6.45) is 5.10. The van der Waals surface area contributed by atoms with Gasteiger partial charge in [0.1, 0.15) is 0 Å². The van der Waals surface area contributed by atoms with E-state index in [0.717, 1.165) is 12.8 Å². The number of carbonyl (C=O) groups is 2. The van der Waals surface area contributed by atoms with Crippen LogP contribution in [0.4, 0.5) is 0 Å². The summed E-state index contributed by atoms with van der Waals surface area (Å²) in [5, 5.41) is 0. The minimum atomic E-state index is -3.96. The third-order valence-corrected chi connectivity index (χ3v) is 7.36. The number of unbranched alkanes of at least 4 members (excludes halogenated alkanes) is 1. The lowest BCUT2D eigenvalue weighted by atomic mass is 9.84. The highest BCUT2D eigenvalue weighted by atomic mass is 32.2. The largest absolute Gasteiger partial charge is 0.381 e. The molecule has 0 radical (unpaired) electrons. The van der Waals surface area contributed by atoms with E-state index in [4.69, 9.17) is 4.74 Å². The van der Waals surface area contributed by atoms with Crippen LogP contribution in [0.3, 0.4) is 0 Å². The molecule has 0 spiro atoms. The molecule has 7 heteroatoms. The van der Waals surface area contributed by atoms with E-state index in [1.54, 1.807) is 24.3 Å². The van der Waals surface area contributed by atoms with Crippen molar-refractivity contribution in [2.24, 2.45) is 5.92 Å². The fraction of sp³-hybridized carbons (Fsp3) is 0.440. The fourth-order valence-corrected chi connectivity index (χ4v) is 5.24. The molecule has 1 N–H and O–H groups in total. The van der Waals surface area contributed by atoms with Crippen molar-refractivity contribution in [3.05, 3.63) is 64.7 Å². The third-order valence-electron chi connectivity index (χ3n) is 5.86. The van der Waals surface area contributed by atoms with Gasteiger partial charge in [-0.3, -0.25) is 9.59 Å². The SMILES string of the molecule is CCCCC(CC)COCCCNS(=O)(=O)c1cccc2c1C(=O)c1ccccc1C2=O. The van der Waals surface area contributed by atoms with E-state index >= 15 is 0 Å². The Bertz CT molecular complexity index is 1080. The van der Waals surface area contributed by atoms with Gasteiger partial charge in [-0.25, -0.2) is 13.1 Å². The molecule has 172 valence electrons. The Morgan fingerprint density at radius 2 is 1.59 bits per heavy atom. The molecule has 0 amide bonds. The molecule has 0 fully saturated rings. The van der Waals surface area contributed by atoms with Crippen LogP contribution in [0, 0.1) is 5.92 Å². The summed E-state index contributed by atoms with van der Waals surface area (Å²) in [7, 11) is -3.96. The van der Waals surface area contributed by atoms with Crippen LogP contribution in [0.2, 0.25) is 0 Å². The molecule has 6 nitrogen and oxygen atoms in total. The Labute approximate surface area is 190 Å². The van der Waals surface area contributed by atoms with Crippen molar-refractivity contribution in [3.63, 3.8) is 0 Å². The van der Waals surface area contributed by atoms with Gasteiger partial charge in [-0.1, -0.05) is 69.5 Å². The number of ketones is 2. The van der Waals surface area contributed by atoms with Gasteiger partial charge in [-0.05, 0) is 24.8 Å². The molecule has 1 atom stereocenters. The van der Waals surface area contributed by atoms with Crippen molar-refractivity contribution in [1.82, 2.24) is 4.72 Å². The van der Waals surface area contributed by atoms with Crippen LogP contribution in [-0.4, -0.2) is 39.7 Å². The van der Waals surface area contributed by atoms with Crippen molar-refractivity contribution in [3.8, 4) is 0 Å². The number of hydrogen-bond acceptors (Lipinski definition) is 5. The first-order valence-corrected chi connectivity index (χ1v) is 12.8. The second-order valence-corrected chi connectivity index (χ2v) is 9.86. The van der Waals surface area contributed by atoms with Crippen LogP contribution in [0.25, 0.3) is 0 Å². The van der Waals surface area contributed by atoms with Crippen molar-refractivity contribution in [2.75, 3.05) is 19.8 Å². The summed E-state index contributed by atoms with van der Waals surface area (Å²) in [6.45, 7) is 5.67. The zero-order valence-corrected chi connectivity index (χ0v) is 19.5. The van der Waals surface area contributed by atoms with Gasteiger partial charge >= 0.3 is 0 Å². The summed E-state index contributed by atoms with van der Waals surface area (Å²) < 4.78 is 34.2. The number of rotatable bonds is 12. The molecule has 1 aliphatic carbocycles. The number of nitrogens with one attached hydrogen (secondary N) is 1. The number of carbonyl (C=O) groups excluding carboxylic acids is 2. The topological polar surface area (TPSA) is 89.5 Å². The average Bonchev–Trinajstić information content (AvgIpc) is 2.81. The minimum Gasteiger partial charge on any atom is -0.381 e. The quantitative estimate of drug-likeness (QED) is 0.408. The van der Waals surface area contributed by atoms with Crippen LogP contribution in [-0.2, 0) is 14.8 Å². The fourth-order valence-electron chi connectivity index (χ4n) is 3.94. The molecule has 3 rings (SSSR count). The zero-order chi connectivity index (χ0) is 23.1. The number of benzene rings is 2. The lowest BCUT2D eigenvalue weighted by molar-refractivity contribution is 0.0928. The molecule has 1 unspecified atom stereocenters. The Hall–Kier alpha value is -2.35. The van der Waals surface area contributed by atoms with E-state index in [2.05, 4.69) is 18.6 Å². The lowest BCUT2D eigenvalue weighted by Gasteiger charge is -2.20. The van der Waals surface area contributed by atoms with E-state index in [1.807, 2.05) is 0 Å². The van der Waals surface area contributed by atoms with Gasteiger partial charge in [-0.2, -0.15) is 0 Å². The van der Waals surface area contributed by atoms with Crippen LogP contribution >= 0.6 is 0 Å². The summed E-state index contributed by atoms with van der Waals surface area (Å²) in [5.41, 5.74) is 0.600. The number of sulfonamides is 1. The zero-order valence-electron chi connectivity index (χ0n) is 18.7. The number of ether oxygens (including phenoxy) is 1. The van der Waals surface area contributed by atoms with Crippen LogP contribution in [0.15, 0.2) is 47.4 Å². The number of fused-ring (bicyclic) bond motifs is 2. The highest BCUT2D eigenvalue weighted by Gasteiger charge is 2.34. The van der Waals surface area contributed by atoms with E-state index < -0.39 is 15.8 Å². The van der Waals surface area contributed by atoms with E-state index in [1.165, 1.54) is 31.0 Å². The molecule has 2 aromatic rings. The average molecular weight is 458 g/mol. The Morgan fingerprint density at radius 3 is 2.28 bits per heavy atom. The monoisotopic (exact) mass is 457 g/mol.